The number of unbranched alkanes of at least 4 members (excludes halogenated alkanes) is 1. The number of hydrogen-bond donors (Lipinski definition) is 8. The zero-order valence-electron chi connectivity index (χ0n) is 49.5. The van der Waals surface area contributed by atoms with Gasteiger partial charge in [0.15, 0.2) is 0 Å². The van der Waals surface area contributed by atoms with Crippen molar-refractivity contribution < 1.29 is 76.4 Å². The molecule has 8 N–H and O–H groups in total. The highest BCUT2D eigenvalue weighted by molar-refractivity contribution is 5.92. The lowest BCUT2D eigenvalue weighted by Gasteiger charge is -2.27. The average Bonchev–Trinajstić information content (AvgIpc) is 3.27. The van der Waals surface area contributed by atoms with Gasteiger partial charge in [0.25, 0.3) is 0 Å². The van der Waals surface area contributed by atoms with Gasteiger partial charge in [0, 0.05) is 39.0 Å². The van der Waals surface area contributed by atoms with Gasteiger partial charge in [-0.25, -0.2) is 24.0 Å². The molecule has 4 atom stereocenters. The Balaban J connectivity index is 5.20. The molecule has 0 aliphatic carbocycles. The molecular weight excluding hydrogens is 1030 g/mol. The quantitative estimate of drug-likeness (QED) is 0.0210. The Morgan fingerprint density at radius 3 is 1.10 bits per heavy atom. The van der Waals surface area contributed by atoms with E-state index in [2.05, 4.69) is 55.7 Å². The minimum Gasteiger partial charge on any atom is -0.458 e. The number of nitrogens with one attached hydrogen (secondary N) is 8. The predicted octanol–water partition coefficient (Wildman–Crippen LogP) is 4.01. The highest BCUT2D eigenvalue weighted by atomic mass is 16.6. The minimum absolute atomic E-state index is 0.0137. The van der Waals surface area contributed by atoms with E-state index in [1.165, 1.54) is 17.1 Å². The molecule has 0 aliphatic heterocycles. The Labute approximate surface area is 466 Å². The maximum Gasteiger partial charge on any atom is 0.410 e. The maximum absolute atomic E-state index is 13.1. The molecule has 79 heavy (non-hydrogen) atoms. The van der Waals surface area contributed by atoms with Crippen LogP contribution in [0.1, 0.15) is 162 Å². The van der Waals surface area contributed by atoms with Crippen molar-refractivity contribution in [2.45, 2.75) is 214 Å². The van der Waals surface area contributed by atoms with Crippen molar-refractivity contribution in [3.05, 3.63) is 25.3 Å². The average molecular weight is 1120 g/mol. The van der Waals surface area contributed by atoms with Crippen molar-refractivity contribution in [2.24, 2.45) is 0 Å². The van der Waals surface area contributed by atoms with E-state index in [1.807, 2.05) is 0 Å². The zero-order valence-corrected chi connectivity index (χ0v) is 49.5. The molecule has 0 aliphatic rings. The van der Waals surface area contributed by atoms with E-state index in [9.17, 15) is 52.7 Å². The third-order valence-corrected chi connectivity index (χ3v) is 9.79. The fourth-order valence-corrected chi connectivity index (χ4v) is 6.50. The maximum atomic E-state index is 13.1. The van der Waals surface area contributed by atoms with Crippen molar-refractivity contribution in [2.75, 3.05) is 39.3 Å². The molecule has 0 unspecified atom stereocenters. The standard InChI is InChI=1S/C54H93N9O16/c1-18-23-35(59-39(64)27-25-37(45(70)75-50(3,4)5)61-47(72)77-52(9,10)11)43(68)57-33-41(66)55-29-20-21-31-63(49(74)79-54(15,16)17)32-22-30-56-42(67)34-58-44(69)36(24-19-2)60-40(65)28-26-38(46(71)76-51(6,7)8)62-48(73)78-53(12,13)14/h18-19,35-38H,1-2,20-34H2,3-17H3,(H,55,66)(H,56,67)(H,57,68)(H,58,69)(H,59,64)(H,60,65)(H,61,72)(H,62,73)/t35-,36-,37-,38-/m0/s1. The Bertz CT molecular complexity index is 2080. The minimum atomic E-state index is -1.23. The molecule has 0 aromatic heterocycles. The van der Waals surface area contributed by atoms with Crippen molar-refractivity contribution in [1.29, 1.82) is 0 Å². The van der Waals surface area contributed by atoms with Gasteiger partial charge in [-0.3, -0.25) is 28.8 Å². The fraction of sp³-hybridized carbons (Fsp3) is 0.722. The molecule has 25 heteroatoms. The van der Waals surface area contributed by atoms with Crippen LogP contribution in [0.15, 0.2) is 25.3 Å². The van der Waals surface area contributed by atoms with E-state index in [-0.39, 0.29) is 64.7 Å². The summed E-state index contributed by atoms with van der Waals surface area (Å²) < 4.78 is 26.9. The summed E-state index contributed by atoms with van der Waals surface area (Å²) in [6.45, 7) is 32.2. The number of carbonyl (C=O) groups excluding carboxylic acids is 11. The van der Waals surface area contributed by atoms with Gasteiger partial charge in [0.2, 0.25) is 35.4 Å². The molecule has 0 aromatic carbocycles. The van der Waals surface area contributed by atoms with Crippen LogP contribution >= 0.6 is 0 Å². The molecule has 0 bridgehead atoms. The molecule has 25 nitrogen and oxygen atoms in total. The van der Waals surface area contributed by atoms with Gasteiger partial charge >= 0.3 is 30.2 Å². The number of hydrogen-bond acceptors (Lipinski definition) is 16. The second-order valence-electron chi connectivity index (χ2n) is 23.5. The molecule has 0 spiro atoms. The first-order valence-electron chi connectivity index (χ1n) is 26.5. The summed E-state index contributed by atoms with van der Waals surface area (Å²) in [5.74, 6) is -5.18. The number of nitrogens with zero attached hydrogens (tertiary/aromatic N) is 1. The van der Waals surface area contributed by atoms with E-state index < -0.39 is 131 Å². The van der Waals surface area contributed by atoms with Gasteiger partial charge in [-0.1, -0.05) is 12.2 Å². The summed E-state index contributed by atoms with van der Waals surface area (Å²) in [5, 5.41) is 20.4. The number of esters is 2. The molecule has 0 saturated carbocycles. The summed E-state index contributed by atoms with van der Waals surface area (Å²) >= 11 is 0. The summed E-state index contributed by atoms with van der Waals surface area (Å²) in [6, 6.07) is -4.67. The highest BCUT2D eigenvalue weighted by Crippen LogP contribution is 2.16. The third-order valence-electron chi connectivity index (χ3n) is 9.79. The van der Waals surface area contributed by atoms with E-state index in [1.54, 1.807) is 104 Å². The lowest BCUT2D eigenvalue weighted by molar-refractivity contribution is -0.158. The van der Waals surface area contributed by atoms with Crippen molar-refractivity contribution in [3.8, 4) is 0 Å². The topological polar surface area (TPSA) is 333 Å². The third kappa shape index (κ3) is 37.5. The zero-order chi connectivity index (χ0) is 61.0. The first-order chi connectivity index (χ1) is 36.2. The molecule has 0 rings (SSSR count). The smallest absolute Gasteiger partial charge is 0.410 e. The van der Waals surface area contributed by atoms with E-state index in [0.717, 1.165) is 0 Å². The largest absolute Gasteiger partial charge is 0.458 e. The first kappa shape index (κ1) is 72.0. The summed E-state index contributed by atoms with van der Waals surface area (Å²) in [6.07, 6.45) is 0.794. The van der Waals surface area contributed by atoms with Crippen LogP contribution in [0.4, 0.5) is 14.4 Å². The molecule has 0 radical (unpaired) electrons. The number of alkyl carbamates (subject to hydrolysis) is 2. The summed E-state index contributed by atoms with van der Waals surface area (Å²) in [4.78, 5) is 143. The van der Waals surface area contributed by atoms with Crippen LogP contribution in [-0.2, 0) is 62.0 Å². The summed E-state index contributed by atoms with van der Waals surface area (Å²) in [7, 11) is 0. The van der Waals surface area contributed by atoms with Crippen molar-refractivity contribution in [1.82, 2.24) is 47.4 Å². The van der Waals surface area contributed by atoms with Crippen LogP contribution in [0.5, 0.6) is 0 Å². The van der Waals surface area contributed by atoms with Crippen LogP contribution in [0.3, 0.4) is 0 Å². The molecule has 450 valence electrons. The van der Waals surface area contributed by atoms with Crippen LogP contribution in [-0.4, -0.2) is 162 Å². The first-order valence-corrected chi connectivity index (χ1v) is 26.5. The van der Waals surface area contributed by atoms with Gasteiger partial charge in [0.1, 0.15) is 52.2 Å². The molecule has 9 amide bonds. The Kier molecular flexibility index (Phi) is 31.1. The molecule has 0 fully saturated rings. The van der Waals surface area contributed by atoms with Crippen LogP contribution in [0.25, 0.3) is 0 Å². The second-order valence-corrected chi connectivity index (χ2v) is 23.5. The molecular formula is C54H93N9O16. The van der Waals surface area contributed by atoms with Gasteiger partial charge in [0.05, 0.1) is 13.1 Å². The Morgan fingerprint density at radius 2 is 0.759 bits per heavy atom. The van der Waals surface area contributed by atoms with Crippen molar-refractivity contribution in [3.63, 3.8) is 0 Å². The molecule has 0 heterocycles. The number of amides is 9. The van der Waals surface area contributed by atoms with Gasteiger partial charge in [-0.2, -0.15) is 0 Å². The van der Waals surface area contributed by atoms with Gasteiger partial charge in [-0.15, -0.1) is 13.2 Å². The monoisotopic (exact) mass is 1120 g/mol. The number of rotatable bonds is 31. The van der Waals surface area contributed by atoms with E-state index in [4.69, 9.17) is 23.7 Å². The van der Waals surface area contributed by atoms with Crippen LogP contribution in [0.2, 0.25) is 0 Å². The molecule has 0 aromatic rings. The summed E-state index contributed by atoms with van der Waals surface area (Å²) in [5.41, 5.74) is -4.27. The van der Waals surface area contributed by atoms with Crippen LogP contribution < -0.4 is 42.5 Å². The van der Waals surface area contributed by atoms with Gasteiger partial charge in [-0.05, 0) is 149 Å². The lowest BCUT2D eigenvalue weighted by Crippen LogP contribution is -2.50. The predicted molar refractivity (Wildman–Crippen MR) is 294 cm³/mol. The number of carbonyl (C=O) groups is 11. The number of ether oxygens (including phenoxy) is 5. The van der Waals surface area contributed by atoms with Crippen LogP contribution in [0, 0.1) is 0 Å². The Hall–Kier alpha value is -6.95. The molecule has 0 saturated heterocycles. The SMILES string of the molecule is C=CC[C@H](NC(=O)CC[C@H](NC(=O)OC(C)(C)C)C(=O)OC(C)(C)C)C(=O)NCC(=O)NCCCCN(CCCNC(=O)CNC(=O)[C@H](CC=C)NC(=O)CC[C@H](NC(=O)OC(C)(C)C)C(=O)OC(C)(C)C)C(=O)OC(C)(C)C. The highest BCUT2D eigenvalue weighted by Gasteiger charge is 2.32. The second kappa shape index (κ2) is 34.1. The van der Waals surface area contributed by atoms with E-state index in [0.29, 0.717) is 19.3 Å². The normalized spacial score (nSPS) is 13.2. The van der Waals surface area contributed by atoms with Crippen molar-refractivity contribution >= 4 is 65.7 Å². The lowest BCUT2D eigenvalue weighted by atomic mass is 10.1. The van der Waals surface area contributed by atoms with E-state index >= 15 is 0 Å². The fourth-order valence-electron chi connectivity index (χ4n) is 6.50. The Morgan fingerprint density at radius 1 is 0.418 bits per heavy atom. The van der Waals surface area contributed by atoms with Gasteiger partial charge < -0.3 is 71.1 Å².